The number of piperazine rings is 1. The molecule has 0 spiro atoms. The van der Waals surface area contributed by atoms with Crippen molar-refractivity contribution in [1.82, 2.24) is 29.1 Å². The van der Waals surface area contributed by atoms with Crippen molar-refractivity contribution in [3.63, 3.8) is 0 Å². The van der Waals surface area contributed by atoms with E-state index in [1.807, 2.05) is 4.57 Å². The molecule has 0 radical (unpaired) electrons. The van der Waals surface area contributed by atoms with Crippen molar-refractivity contribution in [3.8, 4) is 5.69 Å². The lowest BCUT2D eigenvalue weighted by Gasteiger charge is -2.34. The summed E-state index contributed by atoms with van der Waals surface area (Å²) in [7, 11) is 0. The minimum Gasteiger partial charge on any atom is -0.347 e. The third-order valence-corrected chi connectivity index (χ3v) is 6.37. The van der Waals surface area contributed by atoms with Crippen molar-refractivity contribution >= 4 is 35.7 Å². The van der Waals surface area contributed by atoms with Gasteiger partial charge >= 0.3 is 0 Å². The molecule has 0 bridgehead atoms. The Kier molecular flexibility index (Phi) is 9.32. The monoisotopic (exact) mass is 486 g/mol. The minimum absolute atomic E-state index is 0. The first kappa shape index (κ1) is 25.2. The molecule has 176 valence electrons. The molecule has 0 unspecified atom stereocenters. The Morgan fingerprint density at radius 1 is 0.727 bits per heavy atom. The van der Waals surface area contributed by atoms with Crippen LogP contribution >= 0.6 is 24.8 Å². The van der Waals surface area contributed by atoms with Gasteiger partial charge in [-0.2, -0.15) is 0 Å². The molecule has 4 aromatic rings. The minimum atomic E-state index is 0. The Hall–Kier alpha value is -2.38. The number of hydrogen-bond donors (Lipinski definition) is 0. The summed E-state index contributed by atoms with van der Waals surface area (Å²) < 4.78 is 4.33. The highest BCUT2D eigenvalue weighted by Gasteiger charge is 2.16. The van der Waals surface area contributed by atoms with E-state index < -0.39 is 0 Å². The van der Waals surface area contributed by atoms with E-state index in [2.05, 4.69) is 85.4 Å². The van der Waals surface area contributed by atoms with Gasteiger partial charge in [-0.15, -0.1) is 35.0 Å². The van der Waals surface area contributed by atoms with E-state index >= 15 is 0 Å². The largest absolute Gasteiger partial charge is 0.347 e. The molecule has 8 heteroatoms. The molecule has 0 N–H and O–H groups in total. The van der Waals surface area contributed by atoms with Gasteiger partial charge in [0.25, 0.3) is 0 Å². The fourth-order valence-electron chi connectivity index (χ4n) is 4.49. The summed E-state index contributed by atoms with van der Waals surface area (Å²) in [5.41, 5.74) is 3.82. The summed E-state index contributed by atoms with van der Waals surface area (Å²) in [4.78, 5) is 5.22. The van der Waals surface area contributed by atoms with Crippen LogP contribution in [0.15, 0.2) is 73.4 Å². The van der Waals surface area contributed by atoms with Gasteiger partial charge in [-0.1, -0.05) is 36.4 Å². The summed E-state index contributed by atoms with van der Waals surface area (Å²) >= 11 is 0. The first-order valence-electron chi connectivity index (χ1n) is 11.3. The smallest absolute Gasteiger partial charge is 0.123 e. The molecule has 0 aliphatic carbocycles. The lowest BCUT2D eigenvalue weighted by atomic mass is 10.1. The van der Waals surface area contributed by atoms with Gasteiger partial charge < -0.3 is 14.4 Å². The van der Waals surface area contributed by atoms with Gasteiger partial charge in [0.1, 0.15) is 12.7 Å². The van der Waals surface area contributed by atoms with Crippen LogP contribution in [0.3, 0.4) is 0 Å². The summed E-state index contributed by atoms with van der Waals surface area (Å²) in [6.45, 7) is 8.10. The lowest BCUT2D eigenvalue weighted by molar-refractivity contribution is 0.131. The Labute approximate surface area is 208 Å². The predicted octanol–water partition coefficient (Wildman–Crippen LogP) is 4.32. The van der Waals surface area contributed by atoms with Crippen LogP contribution in [0.4, 0.5) is 0 Å². The molecule has 1 aliphatic heterocycles. The van der Waals surface area contributed by atoms with Crippen molar-refractivity contribution in [2.24, 2.45) is 0 Å². The third-order valence-electron chi connectivity index (χ3n) is 6.37. The van der Waals surface area contributed by atoms with Gasteiger partial charge in [-0.25, -0.2) is 0 Å². The normalized spacial score (nSPS) is 14.7. The van der Waals surface area contributed by atoms with Crippen molar-refractivity contribution in [2.75, 3.05) is 39.3 Å². The number of hydrogen-bond acceptors (Lipinski definition) is 4. The number of aryl methyl sites for hydroxylation is 1. The van der Waals surface area contributed by atoms with Crippen LogP contribution in [-0.4, -0.2) is 68.4 Å². The second-order valence-electron chi connectivity index (χ2n) is 8.39. The molecule has 3 heterocycles. The van der Waals surface area contributed by atoms with Crippen LogP contribution in [0, 0.1) is 0 Å². The summed E-state index contributed by atoms with van der Waals surface area (Å²) in [5.74, 6) is 0. The number of fused-ring (bicyclic) bond motifs is 1. The molecule has 1 saturated heterocycles. The second kappa shape index (κ2) is 12.2. The number of nitrogens with zero attached hydrogens (tertiary/aromatic N) is 6. The van der Waals surface area contributed by atoms with E-state index in [0.717, 1.165) is 25.2 Å². The number of halogens is 2. The molecule has 0 atom stereocenters. The first-order chi connectivity index (χ1) is 15.3. The molecule has 1 fully saturated rings. The molecule has 0 amide bonds. The third kappa shape index (κ3) is 6.36. The van der Waals surface area contributed by atoms with E-state index in [-0.39, 0.29) is 24.8 Å². The van der Waals surface area contributed by atoms with Gasteiger partial charge in [0.2, 0.25) is 0 Å². The van der Waals surface area contributed by atoms with Gasteiger partial charge in [0, 0.05) is 45.5 Å². The van der Waals surface area contributed by atoms with Crippen LogP contribution in [0.25, 0.3) is 16.6 Å². The van der Waals surface area contributed by atoms with E-state index in [0.29, 0.717) is 0 Å². The predicted molar refractivity (Wildman–Crippen MR) is 139 cm³/mol. The molecule has 6 nitrogen and oxygen atoms in total. The van der Waals surface area contributed by atoms with E-state index in [1.54, 1.807) is 12.7 Å². The fourth-order valence-corrected chi connectivity index (χ4v) is 4.49. The molecular weight excluding hydrogens is 455 g/mol. The summed E-state index contributed by atoms with van der Waals surface area (Å²) in [6.07, 6.45) is 8.02. The zero-order valence-electron chi connectivity index (χ0n) is 18.8. The van der Waals surface area contributed by atoms with E-state index in [1.165, 1.54) is 55.6 Å². The standard InChI is InChI=1S/C25H30N6.2ClH/c1-2-5-22(6-3-1)9-13-29-17-15-28(16-18-29)11-4-12-30-14-10-23-7-8-24(19-25(23)30)31-20-26-27-21-31;;/h1-3,5-8,10,14,19-21H,4,9,11-13,15-18H2;2*1H. The van der Waals surface area contributed by atoms with Gasteiger partial charge in [-0.3, -0.25) is 4.57 Å². The molecular formula is C25H32Cl2N6. The van der Waals surface area contributed by atoms with E-state index in [9.17, 15) is 0 Å². The SMILES string of the molecule is Cl.Cl.c1ccc(CCN2CCN(CCCn3ccc4ccc(-n5cnnc5)cc43)CC2)cc1. The molecule has 0 saturated carbocycles. The highest BCUT2D eigenvalue weighted by molar-refractivity contribution is 5.85. The van der Waals surface area contributed by atoms with Crippen LogP contribution in [0.5, 0.6) is 0 Å². The average Bonchev–Trinajstić information content (AvgIpc) is 3.49. The van der Waals surface area contributed by atoms with Crippen molar-refractivity contribution in [3.05, 3.63) is 79.0 Å². The number of rotatable bonds is 8. The zero-order valence-corrected chi connectivity index (χ0v) is 20.4. The lowest BCUT2D eigenvalue weighted by Crippen LogP contribution is -2.47. The highest BCUT2D eigenvalue weighted by Crippen LogP contribution is 2.20. The molecule has 2 aromatic carbocycles. The molecule has 33 heavy (non-hydrogen) atoms. The fraction of sp³-hybridized carbons (Fsp3) is 0.360. The maximum absolute atomic E-state index is 3.92. The average molecular weight is 487 g/mol. The van der Waals surface area contributed by atoms with Crippen LogP contribution < -0.4 is 0 Å². The van der Waals surface area contributed by atoms with Crippen molar-refractivity contribution in [2.45, 2.75) is 19.4 Å². The van der Waals surface area contributed by atoms with Crippen molar-refractivity contribution in [1.29, 1.82) is 0 Å². The quantitative estimate of drug-likeness (QED) is 0.372. The van der Waals surface area contributed by atoms with Gasteiger partial charge in [0.05, 0.1) is 11.2 Å². The topological polar surface area (TPSA) is 42.1 Å². The maximum atomic E-state index is 3.92. The zero-order chi connectivity index (χ0) is 20.9. The molecule has 2 aromatic heterocycles. The number of aromatic nitrogens is 4. The summed E-state index contributed by atoms with van der Waals surface area (Å²) in [6, 6.07) is 19.6. The molecule has 5 rings (SSSR count). The van der Waals surface area contributed by atoms with Crippen molar-refractivity contribution < 1.29 is 0 Å². The van der Waals surface area contributed by atoms with Gasteiger partial charge in [-0.05, 0) is 48.5 Å². The summed E-state index contributed by atoms with van der Waals surface area (Å²) in [5, 5.41) is 9.12. The Morgan fingerprint density at radius 3 is 2.15 bits per heavy atom. The van der Waals surface area contributed by atoms with E-state index in [4.69, 9.17) is 0 Å². The van der Waals surface area contributed by atoms with Crippen LogP contribution in [-0.2, 0) is 13.0 Å². The van der Waals surface area contributed by atoms with Crippen LogP contribution in [0.2, 0.25) is 0 Å². The molecule has 1 aliphatic rings. The van der Waals surface area contributed by atoms with Crippen LogP contribution in [0.1, 0.15) is 12.0 Å². The second-order valence-corrected chi connectivity index (χ2v) is 8.39. The Bertz CT molecular complexity index is 1090. The number of benzene rings is 2. The highest BCUT2D eigenvalue weighted by atomic mass is 35.5. The Balaban J connectivity index is 0.00000153. The maximum Gasteiger partial charge on any atom is 0.123 e. The van der Waals surface area contributed by atoms with Gasteiger partial charge in [0.15, 0.2) is 0 Å². The first-order valence-corrected chi connectivity index (χ1v) is 11.3. The Morgan fingerprint density at radius 2 is 1.42 bits per heavy atom.